The molecule has 19 atom stereocenters. The second kappa shape index (κ2) is 18.4. The Morgan fingerprint density at radius 2 is 1.64 bits per heavy atom. The van der Waals surface area contributed by atoms with Gasteiger partial charge in [0.05, 0.1) is 37.9 Å². The van der Waals surface area contributed by atoms with Crippen LogP contribution in [0, 0.1) is 35.5 Å². The van der Waals surface area contributed by atoms with Gasteiger partial charge in [-0.15, -0.1) is 0 Å². The maximum absolute atomic E-state index is 15.0. The first kappa shape index (κ1) is 42.6. The standard InChI is InChI=1S/C43H70N2O11/c1-10-26-12-11-13-33(56-35-15-14-25(22-52-35)44(4)5)23(2)39(47)32-20-29-28-18-27(55-43-42(51-9)41(50-8)40(49-7)24(3)53-43)19-31(28)37-38(45(37)16-17-48-6)36(29)30(32)21-34(46)54-26/h20,23-31,33,35-38,40-43H,10-19,21-22H2,1-9H3/t23-,24?,25+,26+,27+,28+,29+,30-,31-,33+,35+,36-,37+,38-,40+,41?,42+,43+,45?/m1/s1. The number of allylic oxidation sites excluding steroid dienone is 2. The molecule has 0 N–H and O–H groups in total. The van der Waals surface area contributed by atoms with E-state index in [-0.39, 0.29) is 96.7 Å². The lowest BCUT2D eigenvalue weighted by Crippen LogP contribution is -2.59. The van der Waals surface area contributed by atoms with Crippen molar-refractivity contribution in [2.75, 3.05) is 62.3 Å². The van der Waals surface area contributed by atoms with Crippen molar-refractivity contribution in [2.24, 2.45) is 35.5 Å². The lowest BCUT2D eigenvalue weighted by atomic mass is 9.66. The minimum Gasteiger partial charge on any atom is -0.462 e. The minimum atomic E-state index is -0.605. The Balaban J connectivity index is 1.16. The molecule has 7 rings (SSSR count). The van der Waals surface area contributed by atoms with Crippen LogP contribution in [-0.2, 0) is 52.2 Å². The number of cyclic esters (lactones) is 1. The van der Waals surface area contributed by atoms with Crippen molar-refractivity contribution < 1.29 is 52.2 Å². The number of nitrogens with zero attached hydrogens (tertiary/aromatic N) is 2. The fourth-order valence-electron chi connectivity index (χ4n) is 11.8. The summed E-state index contributed by atoms with van der Waals surface area (Å²) < 4.78 is 55.6. The van der Waals surface area contributed by atoms with Crippen molar-refractivity contribution in [3.05, 3.63) is 11.6 Å². The Morgan fingerprint density at radius 1 is 0.893 bits per heavy atom. The number of Topliss-reactive ketones (excluding diaryl/α,β-unsaturated/α-hetero) is 1. The monoisotopic (exact) mass is 790 g/mol. The maximum atomic E-state index is 15.0. The van der Waals surface area contributed by atoms with E-state index in [2.05, 4.69) is 36.9 Å². The number of carbonyl (C=O) groups is 2. The topological polar surface area (TPSA) is 123 Å². The first-order valence-corrected chi connectivity index (χ1v) is 21.6. The molecule has 3 aliphatic carbocycles. The Bertz CT molecular complexity index is 1370. The molecule has 4 heterocycles. The van der Waals surface area contributed by atoms with Crippen LogP contribution in [0.25, 0.3) is 0 Å². The van der Waals surface area contributed by atoms with Crippen molar-refractivity contribution in [3.63, 3.8) is 0 Å². The SMILES string of the molecule is CC[C@H]1CCC[C@H](O[C@H]2CC[C@H](N(C)C)CO2)[C@@H](C)C(=O)C2=C[C@H]3[C@@H]4C[C@H](O[C@@H]5OC(C)[C@H](OC)C(OC)[C@@H]5OC)C[C@H]4[C@H]4[C@@H]([C@H]3[C@@H]2CC(=O)O1)N4CCOC. The fourth-order valence-corrected chi connectivity index (χ4v) is 11.8. The van der Waals surface area contributed by atoms with E-state index in [0.717, 1.165) is 57.1 Å². The molecule has 6 fully saturated rings. The molecule has 13 nitrogen and oxygen atoms in total. The molecule has 0 aromatic rings. The predicted molar refractivity (Wildman–Crippen MR) is 207 cm³/mol. The molecule has 4 aliphatic heterocycles. The highest BCUT2D eigenvalue weighted by Crippen LogP contribution is 2.64. The molecule has 0 aromatic carbocycles. The fraction of sp³-hybridized carbons (Fsp3) is 0.907. The van der Waals surface area contributed by atoms with E-state index >= 15 is 0 Å². The molecule has 3 unspecified atom stereocenters. The number of rotatable bonds is 12. The Hall–Kier alpha value is -1.52. The third kappa shape index (κ3) is 8.43. The van der Waals surface area contributed by atoms with E-state index < -0.39 is 12.4 Å². The Kier molecular flexibility index (Phi) is 14.0. The van der Waals surface area contributed by atoms with Gasteiger partial charge in [-0.25, -0.2) is 0 Å². The molecule has 56 heavy (non-hydrogen) atoms. The summed E-state index contributed by atoms with van der Waals surface area (Å²) in [5, 5.41) is 0. The van der Waals surface area contributed by atoms with Crippen LogP contribution in [0.3, 0.4) is 0 Å². The van der Waals surface area contributed by atoms with Crippen LogP contribution >= 0.6 is 0 Å². The van der Waals surface area contributed by atoms with Gasteiger partial charge in [0, 0.05) is 64.9 Å². The zero-order chi connectivity index (χ0) is 39.8. The van der Waals surface area contributed by atoms with Crippen LogP contribution in [0.2, 0.25) is 0 Å². The number of hydrogen-bond donors (Lipinski definition) is 0. The third-order valence-corrected chi connectivity index (χ3v) is 14.8. The molecular formula is C43H70N2O11. The van der Waals surface area contributed by atoms with Crippen molar-refractivity contribution in [3.8, 4) is 0 Å². The van der Waals surface area contributed by atoms with Gasteiger partial charge in [0.2, 0.25) is 0 Å². The van der Waals surface area contributed by atoms with Gasteiger partial charge in [0.25, 0.3) is 0 Å². The van der Waals surface area contributed by atoms with Gasteiger partial charge < -0.3 is 47.5 Å². The third-order valence-electron chi connectivity index (χ3n) is 14.8. The molecule has 13 heteroatoms. The zero-order valence-corrected chi connectivity index (χ0v) is 35.3. The maximum Gasteiger partial charge on any atom is 0.306 e. The normalized spacial score (nSPS) is 46.8. The van der Waals surface area contributed by atoms with E-state index in [1.807, 2.05) is 13.8 Å². The molecule has 0 bridgehead atoms. The number of fused-ring (bicyclic) bond motifs is 8. The second-order valence-corrected chi connectivity index (χ2v) is 17.9. The predicted octanol–water partition coefficient (Wildman–Crippen LogP) is 4.24. The van der Waals surface area contributed by atoms with Crippen molar-refractivity contribution in [1.82, 2.24) is 9.80 Å². The van der Waals surface area contributed by atoms with Crippen LogP contribution in [0.4, 0.5) is 0 Å². The van der Waals surface area contributed by atoms with Crippen LogP contribution in [-0.4, -0.2) is 157 Å². The van der Waals surface area contributed by atoms with Crippen molar-refractivity contribution in [1.29, 1.82) is 0 Å². The van der Waals surface area contributed by atoms with Crippen LogP contribution in [0.1, 0.15) is 78.6 Å². The number of ketones is 1. The highest BCUT2D eigenvalue weighted by molar-refractivity contribution is 5.99. The van der Waals surface area contributed by atoms with Gasteiger partial charge in [-0.05, 0) is 102 Å². The average molecular weight is 791 g/mol. The number of esters is 1. The highest BCUT2D eigenvalue weighted by atomic mass is 16.7. The number of likely N-dealkylation sites (tertiary alicyclic amines) is 1. The van der Waals surface area contributed by atoms with Gasteiger partial charge in [-0.3, -0.25) is 14.5 Å². The summed E-state index contributed by atoms with van der Waals surface area (Å²) in [6.45, 7) is 8.16. The number of carbonyl (C=O) groups excluding carboxylic acids is 2. The number of ether oxygens (including phenoxy) is 9. The molecule has 0 spiro atoms. The summed E-state index contributed by atoms with van der Waals surface area (Å²) in [4.78, 5) is 33.6. The summed E-state index contributed by atoms with van der Waals surface area (Å²) in [6, 6.07) is 0.957. The first-order chi connectivity index (χ1) is 27.0. The van der Waals surface area contributed by atoms with Gasteiger partial charge >= 0.3 is 5.97 Å². The van der Waals surface area contributed by atoms with Crippen molar-refractivity contribution >= 4 is 11.8 Å². The summed E-state index contributed by atoms with van der Waals surface area (Å²) in [7, 11) is 10.9. The summed E-state index contributed by atoms with van der Waals surface area (Å²) in [5.41, 5.74) is 0.795. The van der Waals surface area contributed by atoms with Crippen molar-refractivity contribution in [2.45, 2.75) is 152 Å². The molecule has 0 amide bonds. The largest absolute Gasteiger partial charge is 0.462 e. The number of hydrogen-bond acceptors (Lipinski definition) is 13. The van der Waals surface area contributed by atoms with Gasteiger partial charge in [0.1, 0.15) is 24.4 Å². The smallest absolute Gasteiger partial charge is 0.306 e. The summed E-state index contributed by atoms with van der Waals surface area (Å²) in [6.07, 6.45) is 6.29. The van der Waals surface area contributed by atoms with E-state index in [1.165, 1.54) is 0 Å². The minimum absolute atomic E-state index is 0.0593. The Labute approximate surface area is 334 Å². The molecule has 4 saturated heterocycles. The van der Waals surface area contributed by atoms with E-state index in [4.69, 9.17) is 42.6 Å². The number of likely N-dealkylation sites (N-methyl/N-ethyl adjacent to an activating group) is 1. The number of methoxy groups -OCH3 is 4. The molecule has 318 valence electrons. The lowest BCUT2D eigenvalue weighted by molar-refractivity contribution is -0.314. The summed E-state index contributed by atoms with van der Waals surface area (Å²) in [5.74, 6) is 0.245. The van der Waals surface area contributed by atoms with Gasteiger partial charge in [-0.2, -0.15) is 0 Å². The molecule has 0 aromatic heterocycles. The molecular weight excluding hydrogens is 720 g/mol. The molecule has 2 saturated carbocycles. The van der Waals surface area contributed by atoms with E-state index in [1.54, 1.807) is 28.4 Å². The molecule has 0 radical (unpaired) electrons. The highest BCUT2D eigenvalue weighted by Gasteiger charge is 2.68. The quantitative estimate of drug-likeness (QED) is 0.207. The Morgan fingerprint density at radius 3 is 2.30 bits per heavy atom. The summed E-state index contributed by atoms with van der Waals surface area (Å²) >= 11 is 0. The van der Waals surface area contributed by atoms with Crippen LogP contribution in [0.15, 0.2) is 11.6 Å². The van der Waals surface area contributed by atoms with E-state index in [0.29, 0.717) is 37.6 Å². The second-order valence-electron chi connectivity index (χ2n) is 17.9. The lowest BCUT2D eigenvalue weighted by Gasteiger charge is -2.44. The zero-order valence-electron chi connectivity index (χ0n) is 35.3. The average Bonchev–Trinajstić information content (AvgIpc) is 3.53. The van der Waals surface area contributed by atoms with Crippen LogP contribution in [0.5, 0.6) is 0 Å². The van der Waals surface area contributed by atoms with Gasteiger partial charge in [0.15, 0.2) is 18.4 Å². The van der Waals surface area contributed by atoms with Crippen LogP contribution < -0.4 is 0 Å². The first-order valence-electron chi connectivity index (χ1n) is 21.6. The van der Waals surface area contributed by atoms with E-state index in [9.17, 15) is 9.59 Å². The molecule has 7 aliphatic rings. The van der Waals surface area contributed by atoms with Gasteiger partial charge in [-0.1, -0.05) is 19.9 Å².